The predicted molar refractivity (Wildman–Crippen MR) is 80.4 cm³/mol. The van der Waals surface area contributed by atoms with Gasteiger partial charge in [0, 0.05) is 12.2 Å². The van der Waals surface area contributed by atoms with Gasteiger partial charge < -0.3 is 15.8 Å². The van der Waals surface area contributed by atoms with Gasteiger partial charge in [0.05, 0.1) is 19.1 Å². The molecule has 20 heavy (non-hydrogen) atoms. The van der Waals surface area contributed by atoms with Crippen LogP contribution >= 0.6 is 0 Å². The van der Waals surface area contributed by atoms with E-state index in [1.165, 1.54) is 19.3 Å². The number of rotatable bonds is 6. The van der Waals surface area contributed by atoms with Gasteiger partial charge in [-0.15, -0.1) is 0 Å². The van der Waals surface area contributed by atoms with Gasteiger partial charge in [0.1, 0.15) is 0 Å². The lowest BCUT2D eigenvalue weighted by Crippen LogP contribution is -2.30. The van der Waals surface area contributed by atoms with E-state index in [4.69, 9.17) is 10.5 Å². The molecule has 1 aliphatic rings. The smallest absolute Gasteiger partial charge is 0.224 e. The van der Waals surface area contributed by atoms with Gasteiger partial charge in [-0.2, -0.15) is 0 Å². The second-order valence-corrected chi connectivity index (χ2v) is 5.36. The molecule has 1 fully saturated rings. The molecule has 0 atom stereocenters. The van der Waals surface area contributed by atoms with E-state index in [0.29, 0.717) is 31.4 Å². The first-order valence-corrected chi connectivity index (χ1v) is 7.47. The van der Waals surface area contributed by atoms with Crippen LogP contribution in [0.3, 0.4) is 0 Å². The van der Waals surface area contributed by atoms with Crippen LogP contribution in [0.15, 0.2) is 24.3 Å². The number of nitrogen functional groups attached to an aromatic ring is 1. The largest absolute Gasteiger partial charge is 0.398 e. The van der Waals surface area contributed by atoms with Crippen molar-refractivity contribution in [3.05, 3.63) is 29.8 Å². The maximum absolute atomic E-state index is 11.8. The van der Waals surface area contributed by atoms with Crippen molar-refractivity contribution < 1.29 is 9.53 Å². The van der Waals surface area contributed by atoms with Crippen LogP contribution in [0.25, 0.3) is 0 Å². The lowest BCUT2D eigenvalue weighted by atomic mass is 9.98. The lowest BCUT2D eigenvalue weighted by Gasteiger charge is -2.22. The summed E-state index contributed by atoms with van der Waals surface area (Å²) in [6, 6.07) is 7.46. The third kappa shape index (κ3) is 4.85. The number of nitrogens with one attached hydrogen (secondary N) is 1. The van der Waals surface area contributed by atoms with Crippen molar-refractivity contribution >= 4 is 11.6 Å². The van der Waals surface area contributed by atoms with Crippen molar-refractivity contribution in [1.29, 1.82) is 0 Å². The molecule has 1 aromatic rings. The zero-order valence-corrected chi connectivity index (χ0v) is 11.9. The highest BCUT2D eigenvalue weighted by atomic mass is 16.5. The van der Waals surface area contributed by atoms with Crippen molar-refractivity contribution in [2.75, 3.05) is 18.9 Å². The number of carbonyl (C=O) groups excluding carboxylic acids is 1. The molecule has 0 heterocycles. The first-order valence-electron chi connectivity index (χ1n) is 7.47. The Morgan fingerprint density at radius 2 is 2.00 bits per heavy atom. The van der Waals surface area contributed by atoms with Crippen LogP contribution in [0, 0.1) is 0 Å². The number of ether oxygens (including phenoxy) is 1. The fourth-order valence-corrected chi connectivity index (χ4v) is 2.58. The van der Waals surface area contributed by atoms with E-state index < -0.39 is 0 Å². The Kier molecular flexibility index (Phi) is 5.87. The minimum Gasteiger partial charge on any atom is -0.398 e. The predicted octanol–water partition coefficient (Wildman–Crippen LogP) is 2.28. The first-order chi connectivity index (χ1) is 9.75. The number of carbonyl (C=O) groups is 1. The van der Waals surface area contributed by atoms with E-state index in [9.17, 15) is 4.79 Å². The minimum absolute atomic E-state index is 0.00450. The van der Waals surface area contributed by atoms with Gasteiger partial charge in [0.15, 0.2) is 0 Å². The molecule has 0 aromatic heterocycles. The zero-order chi connectivity index (χ0) is 14.2. The SMILES string of the molecule is Nc1ccccc1CC(=O)NCCOC1CCCCC1. The number of hydrogen-bond donors (Lipinski definition) is 2. The number of hydrogen-bond acceptors (Lipinski definition) is 3. The van der Waals surface area contributed by atoms with Crippen LogP contribution in [-0.2, 0) is 16.0 Å². The first kappa shape index (κ1) is 14.9. The average molecular weight is 276 g/mol. The van der Waals surface area contributed by atoms with Crippen molar-refractivity contribution in [1.82, 2.24) is 5.32 Å². The van der Waals surface area contributed by atoms with E-state index in [1.807, 2.05) is 24.3 Å². The van der Waals surface area contributed by atoms with Crippen molar-refractivity contribution in [3.63, 3.8) is 0 Å². The standard InChI is InChI=1S/C16H24N2O2/c17-15-9-5-4-6-13(15)12-16(19)18-10-11-20-14-7-2-1-3-8-14/h4-6,9,14H,1-3,7-8,10-12,17H2,(H,18,19). The second kappa shape index (κ2) is 7.90. The van der Waals surface area contributed by atoms with Crippen LogP contribution in [0.2, 0.25) is 0 Å². The molecule has 1 amide bonds. The topological polar surface area (TPSA) is 64.4 Å². The maximum atomic E-state index is 11.8. The number of anilines is 1. The van der Waals surface area contributed by atoms with Crippen molar-refractivity contribution in [3.8, 4) is 0 Å². The monoisotopic (exact) mass is 276 g/mol. The Labute approximate surface area is 120 Å². The van der Waals surface area contributed by atoms with Gasteiger partial charge in [-0.1, -0.05) is 37.5 Å². The summed E-state index contributed by atoms with van der Waals surface area (Å²) in [4.78, 5) is 11.8. The number of amides is 1. The number of nitrogens with two attached hydrogens (primary N) is 1. The molecule has 0 radical (unpaired) electrons. The summed E-state index contributed by atoms with van der Waals surface area (Å²) in [5, 5.41) is 2.88. The fraction of sp³-hybridized carbons (Fsp3) is 0.562. The molecular formula is C16H24N2O2. The van der Waals surface area contributed by atoms with Crippen LogP contribution < -0.4 is 11.1 Å². The molecule has 0 spiro atoms. The molecule has 2 rings (SSSR count). The highest BCUT2D eigenvalue weighted by Crippen LogP contribution is 2.19. The normalized spacial score (nSPS) is 16.0. The summed E-state index contributed by atoms with van der Waals surface area (Å²) in [7, 11) is 0. The summed E-state index contributed by atoms with van der Waals surface area (Å²) >= 11 is 0. The van der Waals surface area contributed by atoms with Gasteiger partial charge in [-0.3, -0.25) is 4.79 Å². The Bertz CT molecular complexity index is 428. The van der Waals surface area contributed by atoms with E-state index in [0.717, 1.165) is 18.4 Å². The molecule has 0 unspecified atom stereocenters. The second-order valence-electron chi connectivity index (χ2n) is 5.36. The molecule has 1 aromatic carbocycles. The Morgan fingerprint density at radius 1 is 1.25 bits per heavy atom. The lowest BCUT2D eigenvalue weighted by molar-refractivity contribution is -0.120. The Morgan fingerprint density at radius 3 is 2.75 bits per heavy atom. The van der Waals surface area contributed by atoms with E-state index in [-0.39, 0.29) is 5.91 Å². The highest BCUT2D eigenvalue weighted by molar-refractivity contribution is 5.80. The average Bonchev–Trinajstić information content (AvgIpc) is 2.47. The number of para-hydroxylation sites is 1. The maximum Gasteiger partial charge on any atom is 0.224 e. The minimum atomic E-state index is -0.00450. The molecule has 0 aliphatic heterocycles. The molecule has 4 nitrogen and oxygen atoms in total. The third-order valence-corrected chi connectivity index (χ3v) is 3.74. The summed E-state index contributed by atoms with van der Waals surface area (Å²) in [6.07, 6.45) is 6.91. The van der Waals surface area contributed by atoms with Crippen LogP contribution in [0.1, 0.15) is 37.7 Å². The van der Waals surface area contributed by atoms with Gasteiger partial charge in [0.25, 0.3) is 0 Å². The summed E-state index contributed by atoms with van der Waals surface area (Å²) in [5.41, 5.74) is 7.36. The molecule has 1 aliphatic carbocycles. The quantitative estimate of drug-likeness (QED) is 0.619. The van der Waals surface area contributed by atoms with Crippen LogP contribution in [0.5, 0.6) is 0 Å². The van der Waals surface area contributed by atoms with E-state index in [2.05, 4.69) is 5.32 Å². The Balaban J connectivity index is 1.61. The van der Waals surface area contributed by atoms with E-state index in [1.54, 1.807) is 0 Å². The summed E-state index contributed by atoms with van der Waals surface area (Å²) < 4.78 is 5.77. The van der Waals surface area contributed by atoms with Crippen molar-refractivity contribution in [2.45, 2.75) is 44.6 Å². The number of benzene rings is 1. The van der Waals surface area contributed by atoms with Gasteiger partial charge in [-0.05, 0) is 24.5 Å². The van der Waals surface area contributed by atoms with Gasteiger partial charge >= 0.3 is 0 Å². The molecule has 4 heteroatoms. The van der Waals surface area contributed by atoms with Crippen LogP contribution in [0.4, 0.5) is 5.69 Å². The molecular weight excluding hydrogens is 252 g/mol. The molecule has 3 N–H and O–H groups in total. The van der Waals surface area contributed by atoms with Crippen LogP contribution in [-0.4, -0.2) is 25.2 Å². The Hall–Kier alpha value is -1.55. The van der Waals surface area contributed by atoms with E-state index >= 15 is 0 Å². The zero-order valence-electron chi connectivity index (χ0n) is 11.9. The molecule has 110 valence electrons. The van der Waals surface area contributed by atoms with Crippen molar-refractivity contribution in [2.24, 2.45) is 0 Å². The summed E-state index contributed by atoms with van der Waals surface area (Å²) in [5.74, 6) is -0.00450. The summed E-state index contributed by atoms with van der Waals surface area (Å²) in [6.45, 7) is 1.17. The highest BCUT2D eigenvalue weighted by Gasteiger charge is 2.13. The molecule has 1 saturated carbocycles. The van der Waals surface area contributed by atoms with Gasteiger partial charge in [0.2, 0.25) is 5.91 Å². The third-order valence-electron chi connectivity index (χ3n) is 3.74. The van der Waals surface area contributed by atoms with Gasteiger partial charge in [-0.25, -0.2) is 0 Å². The molecule has 0 bridgehead atoms. The molecule has 0 saturated heterocycles. The fourth-order valence-electron chi connectivity index (χ4n) is 2.58.